The highest BCUT2D eigenvalue weighted by atomic mass is 16.3. The predicted molar refractivity (Wildman–Crippen MR) is 69.6 cm³/mol. The fourth-order valence-electron chi connectivity index (χ4n) is 3.14. The molecule has 2 nitrogen and oxygen atoms in total. The molecular formula is C15H19NO. The third-order valence-corrected chi connectivity index (χ3v) is 4.20. The Kier molecular flexibility index (Phi) is 2.67. The molecule has 17 heavy (non-hydrogen) atoms. The van der Waals surface area contributed by atoms with Crippen molar-refractivity contribution in [1.82, 2.24) is 5.32 Å². The zero-order valence-corrected chi connectivity index (χ0v) is 10.5. The van der Waals surface area contributed by atoms with E-state index in [-0.39, 0.29) is 0 Å². The van der Waals surface area contributed by atoms with E-state index in [9.17, 15) is 0 Å². The summed E-state index contributed by atoms with van der Waals surface area (Å²) >= 11 is 0. The second-order valence-corrected chi connectivity index (χ2v) is 5.07. The molecule has 1 aliphatic carbocycles. The lowest BCUT2D eigenvalue weighted by atomic mass is 9.87. The van der Waals surface area contributed by atoms with E-state index >= 15 is 0 Å². The van der Waals surface area contributed by atoms with Gasteiger partial charge in [0.15, 0.2) is 0 Å². The zero-order chi connectivity index (χ0) is 11.8. The summed E-state index contributed by atoms with van der Waals surface area (Å²) in [5, 5.41) is 3.44. The van der Waals surface area contributed by atoms with Crippen molar-refractivity contribution in [1.29, 1.82) is 0 Å². The van der Waals surface area contributed by atoms with Crippen LogP contribution in [0.15, 0.2) is 23.0 Å². The summed E-state index contributed by atoms with van der Waals surface area (Å²) in [6.07, 6.45) is 6.20. The van der Waals surface area contributed by atoms with E-state index in [0.717, 1.165) is 19.0 Å². The van der Waals surface area contributed by atoms with Gasteiger partial charge in [-0.15, -0.1) is 0 Å². The van der Waals surface area contributed by atoms with Crippen molar-refractivity contribution in [3.63, 3.8) is 0 Å². The fourth-order valence-corrected chi connectivity index (χ4v) is 3.14. The Morgan fingerprint density at radius 3 is 2.65 bits per heavy atom. The van der Waals surface area contributed by atoms with Gasteiger partial charge >= 0.3 is 0 Å². The normalized spacial score (nSPS) is 17.8. The van der Waals surface area contributed by atoms with Crippen molar-refractivity contribution in [2.45, 2.75) is 32.6 Å². The number of hydrogen-bond acceptors (Lipinski definition) is 2. The fraction of sp³-hybridized carbons (Fsp3) is 0.467. The molecule has 2 heterocycles. The van der Waals surface area contributed by atoms with Gasteiger partial charge in [0.25, 0.3) is 0 Å². The number of hydrogen-bond donors (Lipinski definition) is 1. The molecule has 0 aromatic heterocycles. The van der Waals surface area contributed by atoms with Crippen LogP contribution < -0.4 is 5.32 Å². The lowest BCUT2D eigenvalue weighted by Gasteiger charge is -2.24. The summed E-state index contributed by atoms with van der Waals surface area (Å²) in [4.78, 5) is 0. The van der Waals surface area contributed by atoms with Crippen LogP contribution in [0.5, 0.6) is 0 Å². The molecule has 0 unspecified atom stereocenters. The van der Waals surface area contributed by atoms with Gasteiger partial charge in [-0.25, -0.2) is 0 Å². The molecule has 2 heteroatoms. The Labute approximate surface area is 102 Å². The molecule has 1 saturated heterocycles. The van der Waals surface area contributed by atoms with Crippen molar-refractivity contribution >= 4 is 0 Å². The van der Waals surface area contributed by atoms with E-state index in [4.69, 9.17) is 4.42 Å². The molecule has 0 amide bonds. The van der Waals surface area contributed by atoms with Crippen LogP contribution in [0.3, 0.4) is 0 Å². The molecular weight excluding hydrogens is 210 g/mol. The first-order valence-electron chi connectivity index (χ1n) is 6.44. The summed E-state index contributed by atoms with van der Waals surface area (Å²) in [6, 6.07) is 2.13. The Morgan fingerprint density at radius 1 is 1.12 bits per heavy atom. The largest absolute Gasteiger partial charge is 0.472 e. The molecule has 3 rings (SSSR count). The Morgan fingerprint density at radius 2 is 1.88 bits per heavy atom. The summed E-state index contributed by atoms with van der Waals surface area (Å²) in [6.45, 7) is 6.75. The quantitative estimate of drug-likeness (QED) is 0.810. The van der Waals surface area contributed by atoms with Crippen LogP contribution in [-0.4, -0.2) is 13.1 Å². The van der Waals surface area contributed by atoms with Crippen molar-refractivity contribution in [2.24, 2.45) is 0 Å². The van der Waals surface area contributed by atoms with Gasteiger partial charge in [0.1, 0.15) is 0 Å². The van der Waals surface area contributed by atoms with Crippen LogP contribution in [0.2, 0.25) is 0 Å². The molecule has 1 N–H and O–H groups in total. The van der Waals surface area contributed by atoms with Gasteiger partial charge in [-0.1, -0.05) is 0 Å². The second kappa shape index (κ2) is 4.19. The molecule has 0 bridgehead atoms. The summed E-state index contributed by atoms with van der Waals surface area (Å²) < 4.78 is 5.31. The van der Waals surface area contributed by atoms with Crippen LogP contribution in [-0.2, 0) is 0 Å². The minimum atomic E-state index is 0.717. The SMILES string of the molecule is Cc1c2coccc-2c(C2CCNCC2)c1C. The predicted octanol–water partition coefficient (Wildman–Crippen LogP) is 3.47. The van der Waals surface area contributed by atoms with E-state index in [1.165, 1.54) is 35.1 Å². The maximum Gasteiger partial charge on any atom is 0.0982 e. The first-order valence-corrected chi connectivity index (χ1v) is 6.44. The van der Waals surface area contributed by atoms with E-state index in [1.807, 2.05) is 6.26 Å². The molecule has 0 saturated carbocycles. The molecule has 0 aromatic carbocycles. The van der Waals surface area contributed by atoms with Crippen LogP contribution >= 0.6 is 0 Å². The highest BCUT2D eigenvalue weighted by Gasteiger charge is 2.25. The van der Waals surface area contributed by atoms with Gasteiger partial charge in [-0.05, 0) is 74.0 Å². The Bertz CT molecular complexity index is 494. The topological polar surface area (TPSA) is 25.2 Å². The molecule has 1 fully saturated rings. The van der Waals surface area contributed by atoms with Crippen molar-refractivity contribution < 1.29 is 4.42 Å². The second-order valence-electron chi connectivity index (χ2n) is 5.07. The molecule has 2 aliphatic heterocycles. The van der Waals surface area contributed by atoms with Gasteiger partial charge < -0.3 is 9.73 Å². The number of nitrogens with one attached hydrogen (secondary N) is 1. The molecule has 0 radical (unpaired) electrons. The van der Waals surface area contributed by atoms with Gasteiger partial charge in [0.05, 0.1) is 12.5 Å². The molecule has 3 aliphatic rings. The van der Waals surface area contributed by atoms with E-state index in [0.29, 0.717) is 0 Å². The highest BCUT2D eigenvalue weighted by molar-refractivity contribution is 5.77. The first kappa shape index (κ1) is 10.8. The number of rotatable bonds is 1. The average molecular weight is 229 g/mol. The standard InChI is InChI=1S/C15H19NO/c1-10-11(2)15(12-3-6-16-7-4-12)13-5-8-17-9-14(10)13/h5,8-9,12,16H,3-4,6-7H2,1-2H3. The third kappa shape index (κ3) is 1.67. The zero-order valence-electron chi connectivity index (χ0n) is 10.5. The average Bonchev–Trinajstić information content (AvgIpc) is 2.64. The van der Waals surface area contributed by atoms with Crippen LogP contribution in [0, 0.1) is 13.8 Å². The van der Waals surface area contributed by atoms with Gasteiger partial charge in [-0.3, -0.25) is 0 Å². The number of piperidine rings is 1. The Hall–Kier alpha value is -1.28. The van der Waals surface area contributed by atoms with Gasteiger partial charge in [0, 0.05) is 5.56 Å². The van der Waals surface area contributed by atoms with Crippen molar-refractivity contribution in [3.05, 3.63) is 35.3 Å². The maximum absolute atomic E-state index is 5.31. The molecule has 0 spiro atoms. The third-order valence-electron chi connectivity index (χ3n) is 4.20. The van der Waals surface area contributed by atoms with E-state index < -0.39 is 0 Å². The monoisotopic (exact) mass is 229 g/mol. The van der Waals surface area contributed by atoms with E-state index in [2.05, 4.69) is 25.2 Å². The van der Waals surface area contributed by atoms with Crippen molar-refractivity contribution in [3.8, 4) is 11.1 Å². The van der Waals surface area contributed by atoms with Crippen LogP contribution in [0.1, 0.15) is 35.4 Å². The van der Waals surface area contributed by atoms with Crippen LogP contribution in [0.4, 0.5) is 0 Å². The Balaban J connectivity index is 2.12. The van der Waals surface area contributed by atoms with Crippen molar-refractivity contribution in [2.75, 3.05) is 13.1 Å². The minimum Gasteiger partial charge on any atom is -0.472 e. The lowest BCUT2D eigenvalue weighted by molar-refractivity contribution is 0.460. The first-order chi connectivity index (χ1) is 8.29. The molecule has 90 valence electrons. The minimum absolute atomic E-state index is 0.717. The summed E-state index contributed by atoms with van der Waals surface area (Å²) in [5.74, 6) is 0.717. The molecule has 0 atom stereocenters. The lowest BCUT2D eigenvalue weighted by Crippen LogP contribution is -2.26. The summed E-state index contributed by atoms with van der Waals surface area (Å²) in [5.41, 5.74) is 7.11. The van der Waals surface area contributed by atoms with Crippen LogP contribution in [0.25, 0.3) is 11.1 Å². The van der Waals surface area contributed by atoms with E-state index in [1.54, 1.807) is 11.8 Å². The smallest absolute Gasteiger partial charge is 0.0982 e. The summed E-state index contributed by atoms with van der Waals surface area (Å²) in [7, 11) is 0. The van der Waals surface area contributed by atoms with Gasteiger partial charge in [-0.2, -0.15) is 0 Å². The number of fused-ring (bicyclic) bond motifs is 1. The highest BCUT2D eigenvalue weighted by Crippen LogP contribution is 2.42. The maximum atomic E-state index is 5.31. The molecule has 0 aromatic rings. The van der Waals surface area contributed by atoms with Gasteiger partial charge in [0.2, 0.25) is 0 Å².